The second-order valence-corrected chi connectivity index (χ2v) is 6.78. The Morgan fingerprint density at radius 1 is 1.31 bits per heavy atom. The molecule has 1 heterocycles. The monoisotopic (exact) mass is 452 g/mol. The molecule has 0 saturated carbocycles. The van der Waals surface area contributed by atoms with E-state index in [0.717, 1.165) is 5.56 Å². The number of aromatic hydroxyl groups is 1. The molecule has 0 radical (unpaired) electrons. The Hall–Kier alpha value is -3.57. The normalized spacial score (nSPS) is 10.1. The Labute approximate surface area is 176 Å². The number of benzene rings is 2. The Bertz CT molecular complexity index is 1100. The second kappa shape index (κ2) is 9.08. The molecule has 3 rings (SSSR count). The van der Waals surface area contributed by atoms with Crippen LogP contribution in [0.5, 0.6) is 11.6 Å². The molecule has 1 aromatic heterocycles. The number of carbonyl (C=O) groups excluding carboxylic acids is 1. The zero-order valence-corrected chi connectivity index (χ0v) is 17.0. The Morgan fingerprint density at radius 2 is 2.10 bits per heavy atom. The first-order valence-corrected chi connectivity index (χ1v) is 9.33. The summed E-state index contributed by atoms with van der Waals surface area (Å²) in [6.45, 7) is 1.48. The molecule has 0 aliphatic heterocycles. The van der Waals surface area contributed by atoms with Gasteiger partial charge >= 0.3 is 0 Å². The summed E-state index contributed by atoms with van der Waals surface area (Å²) in [4.78, 5) is 19.8. The summed E-state index contributed by atoms with van der Waals surface area (Å²) in [7, 11) is 0. The van der Waals surface area contributed by atoms with Crippen molar-refractivity contribution in [2.45, 2.75) is 6.92 Å². The van der Waals surface area contributed by atoms with E-state index >= 15 is 0 Å². The first-order valence-electron chi connectivity index (χ1n) is 8.53. The molecule has 0 aliphatic rings. The lowest BCUT2D eigenvalue weighted by Crippen LogP contribution is -2.06. The van der Waals surface area contributed by atoms with Gasteiger partial charge in [0.1, 0.15) is 5.75 Å². The van der Waals surface area contributed by atoms with Gasteiger partial charge in [0.25, 0.3) is 0 Å². The van der Waals surface area contributed by atoms with Gasteiger partial charge in [-0.15, -0.1) is 6.42 Å². The fraction of sp³-hybridized carbons (Fsp3) is 0.0952. The predicted molar refractivity (Wildman–Crippen MR) is 115 cm³/mol. The van der Waals surface area contributed by atoms with E-state index in [0.29, 0.717) is 33.2 Å². The van der Waals surface area contributed by atoms with Crippen LogP contribution in [0.2, 0.25) is 0 Å². The zero-order chi connectivity index (χ0) is 20.8. The Balaban J connectivity index is 1.88. The molecule has 0 atom stereocenters. The Morgan fingerprint density at radius 3 is 2.86 bits per heavy atom. The lowest BCUT2D eigenvalue weighted by molar-refractivity contribution is -0.114. The van der Waals surface area contributed by atoms with Crippen molar-refractivity contribution in [3.8, 4) is 35.1 Å². The number of amides is 1. The van der Waals surface area contributed by atoms with Crippen molar-refractivity contribution in [3.63, 3.8) is 0 Å². The van der Waals surface area contributed by atoms with E-state index in [-0.39, 0.29) is 18.3 Å². The largest absolute Gasteiger partial charge is 0.505 e. The van der Waals surface area contributed by atoms with Crippen molar-refractivity contribution in [1.29, 1.82) is 0 Å². The molecule has 3 N–H and O–H groups in total. The highest BCUT2D eigenvalue weighted by atomic mass is 79.9. The molecule has 0 saturated heterocycles. The third kappa shape index (κ3) is 5.03. The van der Waals surface area contributed by atoms with Gasteiger partial charge in [0.2, 0.25) is 17.7 Å². The standard InChI is InChI=1S/C21H17BrN4O3/c1-3-10-29-20-17(22)12-23-21(26-20)25-15-7-4-6-14(11-15)16-8-5-9-18(19(16)28)24-13(2)27/h1,4-9,11-12,28H,10H2,2H3,(H,24,27)(H,23,25,26). The minimum atomic E-state index is -0.261. The van der Waals surface area contributed by atoms with Crippen molar-refractivity contribution >= 4 is 39.2 Å². The van der Waals surface area contributed by atoms with Crippen LogP contribution in [0.25, 0.3) is 11.1 Å². The molecule has 3 aromatic rings. The number of ether oxygens (including phenoxy) is 1. The van der Waals surface area contributed by atoms with Gasteiger partial charge in [-0.25, -0.2) is 4.98 Å². The SMILES string of the molecule is C#CCOc1nc(Nc2cccc(-c3cccc(NC(C)=O)c3O)c2)ncc1Br. The summed E-state index contributed by atoms with van der Waals surface area (Å²) in [5.74, 6) is 2.77. The van der Waals surface area contributed by atoms with Gasteiger partial charge in [0, 0.05) is 18.2 Å². The highest BCUT2D eigenvalue weighted by molar-refractivity contribution is 9.10. The van der Waals surface area contributed by atoms with Gasteiger partial charge in [-0.1, -0.05) is 30.2 Å². The van der Waals surface area contributed by atoms with Crippen molar-refractivity contribution in [3.05, 3.63) is 53.1 Å². The summed E-state index contributed by atoms with van der Waals surface area (Å²) in [5.41, 5.74) is 2.38. The number of para-hydroxylation sites is 1. The van der Waals surface area contributed by atoms with Gasteiger partial charge in [-0.05, 0) is 39.7 Å². The summed E-state index contributed by atoms with van der Waals surface area (Å²) in [6, 6.07) is 12.5. The smallest absolute Gasteiger partial charge is 0.233 e. The number of phenols is 1. The lowest BCUT2D eigenvalue weighted by atomic mass is 10.0. The van der Waals surface area contributed by atoms with E-state index in [1.54, 1.807) is 24.4 Å². The second-order valence-electron chi connectivity index (χ2n) is 5.93. The highest BCUT2D eigenvalue weighted by Gasteiger charge is 2.11. The molecule has 0 bridgehead atoms. The van der Waals surface area contributed by atoms with E-state index in [2.05, 4.69) is 42.5 Å². The molecule has 2 aromatic carbocycles. The molecule has 1 amide bonds. The minimum Gasteiger partial charge on any atom is -0.505 e. The van der Waals surface area contributed by atoms with Crippen LogP contribution >= 0.6 is 15.9 Å². The summed E-state index contributed by atoms with van der Waals surface area (Å²) >= 11 is 3.32. The number of rotatable bonds is 6. The number of hydrogen-bond donors (Lipinski definition) is 3. The molecule has 8 heteroatoms. The molecule has 7 nitrogen and oxygen atoms in total. The zero-order valence-electron chi connectivity index (χ0n) is 15.4. The van der Waals surface area contributed by atoms with Crippen molar-refractivity contribution < 1.29 is 14.6 Å². The van der Waals surface area contributed by atoms with Crippen LogP contribution < -0.4 is 15.4 Å². The highest BCUT2D eigenvalue weighted by Crippen LogP contribution is 2.36. The van der Waals surface area contributed by atoms with E-state index in [4.69, 9.17) is 11.2 Å². The number of carbonyl (C=O) groups is 1. The van der Waals surface area contributed by atoms with Gasteiger partial charge in [0.15, 0.2) is 6.61 Å². The van der Waals surface area contributed by atoms with Crippen molar-refractivity contribution in [1.82, 2.24) is 9.97 Å². The minimum absolute atomic E-state index is 0.00953. The maximum Gasteiger partial charge on any atom is 0.233 e. The van der Waals surface area contributed by atoms with Gasteiger partial charge < -0.3 is 20.5 Å². The third-order valence-electron chi connectivity index (χ3n) is 3.78. The maximum absolute atomic E-state index is 11.3. The molecule has 0 aliphatic carbocycles. The van der Waals surface area contributed by atoms with Crippen LogP contribution in [-0.2, 0) is 4.79 Å². The number of halogens is 1. The summed E-state index contributed by atoms with van der Waals surface area (Å²) < 4.78 is 5.97. The van der Waals surface area contributed by atoms with Crippen LogP contribution in [0.3, 0.4) is 0 Å². The molecular formula is C21H17BrN4O3. The fourth-order valence-electron chi connectivity index (χ4n) is 2.58. The van der Waals surface area contributed by atoms with E-state index in [9.17, 15) is 9.90 Å². The Kier molecular flexibility index (Phi) is 6.32. The molecule has 0 fully saturated rings. The van der Waals surface area contributed by atoms with Crippen LogP contribution in [0.1, 0.15) is 6.92 Å². The average molecular weight is 453 g/mol. The predicted octanol–water partition coefficient (Wildman–Crippen LogP) is 4.33. The number of nitrogens with one attached hydrogen (secondary N) is 2. The fourth-order valence-corrected chi connectivity index (χ4v) is 2.89. The van der Waals surface area contributed by atoms with E-state index < -0.39 is 0 Å². The summed E-state index contributed by atoms with van der Waals surface area (Å²) in [5, 5.41) is 16.2. The number of hydrogen-bond acceptors (Lipinski definition) is 6. The van der Waals surface area contributed by atoms with E-state index in [1.807, 2.05) is 24.3 Å². The van der Waals surface area contributed by atoms with E-state index in [1.165, 1.54) is 6.92 Å². The maximum atomic E-state index is 11.3. The van der Waals surface area contributed by atoms with Crippen molar-refractivity contribution in [2.75, 3.05) is 17.2 Å². The molecular weight excluding hydrogens is 436 g/mol. The molecule has 0 unspecified atom stereocenters. The van der Waals surface area contributed by atoms with Crippen LogP contribution in [-0.4, -0.2) is 27.6 Å². The van der Waals surface area contributed by atoms with Crippen LogP contribution in [0.15, 0.2) is 53.1 Å². The number of anilines is 3. The first-order chi connectivity index (χ1) is 14.0. The van der Waals surface area contributed by atoms with Gasteiger partial charge in [-0.2, -0.15) is 4.98 Å². The van der Waals surface area contributed by atoms with Crippen LogP contribution in [0.4, 0.5) is 17.3 Å². The number of phenolic OH excluding ortho intramolecular Hbond substituents is 1. The average Bonchev–Trinajstić information content (AvgIpc) is 2.70. The lowest BCUT2D eigenvalue weighted by Gasteiger charge is -2.12. The number of nitrogens with zero attached hydrogens (tertiary/aromatic N) is 2. The van der Waals surface area contributed by atoms with Gasteiger partial charge in [0.05, 0.1) is 16.4 Å². The van der Waals surface area contributed by atoms with Gasteiger partial charge in [-0.3, -0.25) is 4.79 Å². The number of aromatic nitrogens is 2. The molecule has 146 valence electrons. The quantitative estimate of drug-likeness (QED) is 0.380. The first kappa shape index (κ1) is 20.2. The molecule has 29 heavy (non-hydrogen) atoms. The van der Waals surface area contributed by atoms with Crippen molar-refractivity contribution in [2.24, 2.45) is 0 Å². The summed E-state index contributed by atoms with van der Waals surface area (Å²) in [6.07, 6.45) is 6.78. The molecule has 0 spiro atoms. The third-order valence-corrected chi connectivity index (χ3v) is 4.32. The topological polar surface area (TPSA) is 96.4 Å². The van der Waals surface area contributed by atoms with Crippen LogP contribution in [0, 0.1) is 12.3 Å². The number of terminal acetylenes is 1.